The molecule has 134 valence electrons. The van der Waals surface area contributed by atoms with E-state index in [1.165, 1.54) is 0 Å². The molecule has 2 N–H and O–H groups in total. The Hall–Kier alpha value is -2.26. The standard InChI is InChI=1S/C16H22N6O2S/c23-25(24)19-10-4-13-6-11-22(12-7-13)15-5-9-18-16(21-15)20-14-3-1-2-8-17-14/h1-3,5,8-9,13,25H,4,6-7,10-12H2,(H,19,23,24)(H,17,18,20,21). The lowest BCUT2D eigenvalue weighted by molar-refractivity contribution is 0.381. The van der Waals surface area contributed by atoms with E-state index in [-0.39, 0.29) is 0 Å². The summed E-state index contributed by atoms with van der Waals surface area (Å²) < 4.78 is 23.5. The van der Waals surface area contributed by atoms with Gasteiger partial charge in [-0.25, -0.2) is 23.1 Å². The summed E-state index contributed by atoms with van der Waals surface area (Å²) in [6, 6.07) is 7.54. The predicted octanol–water partition coefficient (Wildman–Crippen LogP) is 1.34. The van der Waals surface area contributed by atoms with Crippen LogP contribution < -0.4 is 14.9 Å². The first-order valence-corrected chi connectivity index (χ1v) is 9.52. The second-order valence-corrected chi connectivity index (χ2v) is 6.79. The number of rotatable bonds is 7. The molecular weight excluding hydrogens is 340 g/mol. The van der Waals surface area contributed by atoms with Gasteiger partial charge in [-0.3, -0.25) is 0 Å². The Balaban J connectivity index is 1.54. The van der Waals surface area contributed by atoms with Crippen LogP contribution in [0, 0.1) is 5.92 Å². The zero-order valence-electron chi connectivity index (χ0n) is 13.8. The second kappa shape index (κ2) is 8.72. The molecule has 0 amide bonds. The molecule has 1 fully saturated rings. The van der Waals surface area contributed by atoms with Crippen molar-refractivity contribution in [3.05, 3.63) is 36.7 Å². The summed E-state index contributed by atoms with van der Waals surface area (Å²) in [6.45, 7) is 2.34. The van der Waals surface area contributed by atoms with Crippen molar-refractivity contribution in [2.24, 2.45) is 5.92 Å². The van der Waals surface area contributed by atoms with E-state index in [1.807, 2.05) is 24.3 Å². The van der Waals surface area contributed by atoms with E-state index in [2.05, 4.69) is 29.9 Å². The van der Waals surface area contributed by atoms with Crippen molar-refractivity contribution < 1.29 is 8.42 Å². The number of aromatic nitrogens is 3. The Bertz CT molecular complexity index is 739. The summed E-state index contributed by atoms with van der Waals surface area (Å²) in [4.78, 5) is 15.3. The third-order valence-corrected chi connectivity index (χ3v) is 4.76. The van der Waals surface area contributed by atoms with Crippen molar-refractivity contribution in [2.75, 3.05) is 29.9 Å². The molecule has 3 heterocycles. The fourth-order valence-electron chi connectivity index (χ4n) is 2.95. The molecule has 1 saturated heterocycles. The predicted molar refractivity (Wildman–Crippen MR) is 97.4 cm³/mol. The lowest BCUT2D eigenvalue weighted by Crippen LogP contribution is -2.35. The Kier molecular flexibility index (Phi) is 6.13. The molecule has 3 rings (SSSR count). The van der Waals surface area contributed by atoms with Crippen LogP contribution in [0.4, 0.5) is 17.6 Å². The Morgan fingerprint density at radius 3 is 2.68 bits per heavy atom. The van der Waals surface area contributed by atoms with Crippen molar-refractivity contribution in [3.8, 4) is 0 Å². The lowest BCUT2D eigenvalue weighted by Gasteiger charge is -2.32. The molecule has 1 aliphatic rings. The summed E-state index contributed by atoms with van der Waals surface area (Å²) in [6.07, 6.45) is 6.41. The topological polar surface area (TPSA) is 100 Å². The quantitative estimate of drug-likeness (QED) is 0.639. The zero-order chi connectivity index (χ0) is 17.5. The van der Waals surface area contributed by atoms with Gasteiger partial charge in [0.1, 0.15) is 11.6 Å². The molecule has 2 aromatic heterocycles. The van der Waals surface area contributed by atoms with Gasteiger partial charge in [-0.2, -0.15) is 4.98 Å². The van der Waals surface area contributed by atoms with Gasteiger partial charge in [-0.15, -0.1) is 0 Å². The third kappa shape index (κ3) is 5.36. The normalized spacial score (nSPS) is 15.5. The Morgan fingerprint density at radius 2 is 1.96 bits per heavy atom. The molecule has 0 unspecified atom stereocenters. The van der Waals surface area contributed by atoms with Gasteiger partial charge in [0.05, 0.1) is 0 Å². The zero-order valence-corrected chi connectivity index (χ0v) is 14.7. The lowest BCUT2D eigenvalue weighted by atomic mass is 9.94. The molecule has 9 heteroatoms. The van der Waals surface area contributed by atoms with Gasteiger partial charge in [0.25, 0.3) is 0 Å². The fraction of sp³-hybridized carbons (Fsp3) is 0.438. The van der Waals surface area contributed by atoms with E-state index in [0.29, 0.717) is 24.2 Å². The minimum absolute atomic E-state index is 0.523. The molecule has 0 saturated carbocycles. The van der Waals surface area contributed by atoms with Crippen LogP contribution in [0.2, 0.25) is 0 Å². The van der Waals surface area contributed by atoms with Crippen LogP contribution in [-0.2, 0) is 10.9 Å². The van der Waals surface area contributed by atoms with Crippen molar-refractivity contribution in [2.45, 2.75) is 19.3 Å². The first-order chi connectivity index (χ1) is 12.2. The minimum Gasteiger partial charge on any atom is -0.356 e. The fourth-order valence-corrected chi connectivity index (χ4v) is 3.26. The van der Waals surface area contributed by atoms with E-state index in [9.17, 15) is 8.42 Å². The summed E-state index contributed by atoms with van der Waals surface area (Å²) >= 11 is 0. The molecule has 0 bridgehead atoms. The Labute approximate surface area is 148 Å². The molecule has 1 aliphatic heterocycles. The average Bonchev–Trinajstić information content (AvgIpc) is 2.63. The highest BCUT2D eigenvalue weighted by atomic mass is 32.2. The number of nitrogens with one attached hydrogen (secondary N) is 2. The molecule has 0 spiro atoms. The number of hydrogen-bond acceptors (Lipinski definition) is 7. The summed E-state index contributed by atoms with van der Waals surface area (Å²) in [5.41, 5.74) is 0. The molecule has 0 aromatic carbocycles. The van der Waals surface area contributed by atoms with Crippen molar-refractivity contribution in [1.29, 1.82) is 0 Å². The number of nitrogens with zero attached hydrogens (tertiary/aromatic N) is 4. The second-order valence-electron chi connectivity index (χ2n) is 5.96. The van der Waals surface area contributed by atoms with E-state index in [4.69, 9.17) is 0 Å². The van der Waals surface area contributed by atoms with Crippen LogP contribution in [0.15, 0.2) is 36.7 Å². The Morgan fingerprint density at radius 1 is 1.12 bits per heavy atom. The summed E-state index contributed by atoms with van der Waals surface area (Å²) in [5, 5.41) is 3.10. The van der Waals surface area contributed by atoms with Crippen molar-refractivity contribution in [3.63, 3.8) is 0 Å². The van der Waals surface area contributed by atoms with Gasteiger partial charge in [-0.05, 0) is 43.4 Å². The van der Waals surface area contributed by atoms with E-state index in [1.54, 1.807) is 12.4 Å². The van der Waals surface area contributed by atoms with Crippen molar-refractivity contribution in [1.82, 2.24) is 19.7 Å². The van der Waals surface area contributed by atoms with Gasteiger partial charge >= 0.3 is 0 Å². The molecule has 0 radical (unpaired) electrons. The number of thiol groups is 1. The highest BCUT2D eigenvalue weighted by Crippen LogP contribution is 2.24. The number of piperidine rings is 1. The first kappa shape index (κ1) is 17.6. The van der Waals surface area contributed by atoms with Gasteiger partial charge in [0, 0.05) is 32.0 Å². The number of anilines is 3. The maximum Gasteiger partial charge on any atom is 0.230 e. The molecule has 0 atom stereocenters. The monoisotopic (exact) mass is 362 g/mol. The van der Waals surface area contributed by atoms with Crippen LogP contribution in [-0.4, -0.2) is 43.0 Å². The van der Waals surface area contributed by atoms with Crippen LogP contribution in [0.25, 0.3) is 0 Å². The number of hydrogen-bond donors (Lipinski definition) is 3. The largest absolute Gasteiger partial charge is 0.356 e. The van der Waals surface area contributed by atoms with E-state index >= 15 is 0 Å². The van der Waals surface area contributed by atoms with Gasteiger partial charge in [-0.1, -0.05) is 6.07 Å². The minimum atomic E-state index is -2.49. The van der Waals surface area contributed by atoms with Crippen LogP contribution in [0.3, 0.4) is 0 Å². The SMILES string of the molecule is O=[SH](=O)NCCC1CCN(c2ccnc(Nc3ccccn3)n2)CC1. The molecule has 0 aliphatic carbocycles. The van der Waals surface area contributed by atoms with E-state index < -0.39 is 10.9 Å². The van der Waals surface area contributed by atoms with Crippen LogP contribution in [0.1, 0.15) is 19.3 Å². The molecule has 8 nitrogen and oxygen atoms in total. The molecular formula is C16H22N6O2S. The van der Waals surface area contributed by atoms with E-state index in [0.717, 1.165) is 38.2 Å². The molecule has 2 aromatic rings. The van der Waals surface area contributed by atoms with Gasteiger partial charge < -0.3 is 10.2 Å². The van der Waals surface area contributed by atoms with Gasteiger partial charge in [0.15, 0.2) is 0 Å². The molecule has 25 heavy (non-hydrogen) atoms. The maximum atomic E-state index is 10.5. The number of pyridine rings is 1. The summed E-state index contributed by atoms with van der Waals surface area (Å²) in [7, 11) is -2.49. The first-order valence-electron chi connectivity index (χ1n) is 8.34. The maximum absolute atomic E-state index is 10.5. The highest BCUT2D eigenvalue weighted by molar-refractivity contribution is 7.70. The smallest absolute Gasteiger partial charge is 0.230 e. The van der Waals surface area contributed by atoms with Crippen LogP contribution in [0.5, 0.6) is 0 Å². The average molecular weight is 362 g/mol. The highest BCUT2D eigenvalue weighted by Gasteiger charge is 2.20. The van der Waals surface area contributed by atoms with Gasteiger partial charge in [0.2, 0.25) is 16.8 Å². The van der Waals surface area contributed by atoms with Crippen LogP contribution >= 0.6 is 0 Å². The van der Waals surface area contributed by atoms with Crippen molar-refractivity contribution >= 4 is 28.5 Å². The third-order valence-electron chi connectivity index (χ3n) is 4.28. The summed E-state index contributed by atoms with van der Waals surface area (Å²) in [5.74, 6) is 2.68.